The maximum absolute atomic E-state index is 13.6. The minimum Gasteiger partial charge on any atom is -0.481 e. The van der Waals surface area contributed by atoms with E-state index in [-0.39, 0.29) is 31.8 Å². The maximum Gasteiger partial charge on any atom is 0.435 e. The first-order chi connectivity index (χ1) is 12.8. The van der Waals surface area contributed by atoms with E-state index in [4.69, 9.17) is 9.84 Å². The molecule has 2 aromatic rings. The van der Waals surface area contributed by atoms with Gasteiger partial charge in [0.2, 0.25) is 0 Å². The Morgan fingerprint density at radius 3 is 2.59 bits per heavy atom. The predicted octanol–water partition coefficient (Wildman–Crippen LogP) is 1.60. The lowest BCUT2D eigenvalue weighted by Crippen LogP contribution is -2.46. The summed E-state index contributed by atoms with van der Waals surface area (Å²) in [5, 5.41) is 15.8. The third-order valence-electron chi connectivity index (χ3n) is 3.97. The molecule has 1 aromatic carbocycles. The molecule has 1 aliphatic heterocycles. The number of para-hydroxylation sites is 1. The van der Waals surface area contributed by atoms with Gasteiger partial charge in [0.15, 0.2) is 11.4 Å². The number of amides is 1. The Bertz CT molecular complexity index is 838. The fourth-order valence-corrected chi connectivity index (χ4v) is 2.80. The molecule has 1 unspecified atom stereocenters. The predicted molar refractivity (Wildman–Crippen MR) is 84.3 cm³/mol. The molecule has 11 heteroatoms. The van der Waals surface area contributed by atoms with Gasteiger partial charge in [0.1, 0.15) is 0 Å². The molecule has 0 bridgehead atoms. The van der Waals surface area contributed by atoms with E-state index in [1.165, 1.54) is 24.3 Å². The number of carboxylic acid groups (broad SMARTS) is 1. The number of carboxylic acids is 1. The van der Waals surface area contributed by atoms with Gasteiger partial charge in [-0.1, -0.05) is 23.4 Å². The number of carbonyl (C=O) groups is 2. The van der Waals surface area contributed by atoms with Crippen LogP contribution in [0.25, 0.3) is 5.69 Å². The van der Waals surface area contributed by atoms with Crippen molar-refractivity contribution in [2.75, 3.05) is 19.7 Å². The molecule has 144 valence electrons. The van der Waals surface area contributed by atoms with Gasteiger partial charge in [0, 0.05) is 13.1 Å². The Morgan fingerprint density at radius 1 is 1.26 bits per heavy atom. The third-order valence-corrected chi connectivity index (χ3v) is 3.97. The smallest absolute Gasteiger partial charge is 0.435 e. The van der Waals surface area contributed by atoms with E-state index in [1.807, 2.05) is 0 Å². The number of ether oxygens (including phenoxy) is 1. The van der Waals surface area contributed by atoms with Gasteiger partial charge in [-0.2, -0.15) is 13.2 Å². The van der Waals surface area contributed by atoms with Gasteiger partial charge in [-0.15, -0.1) is 5.10 Å². The van der Waals surface area contributed by atoms with Gasteiger partial charge in [0.05, 0.1) is 24.8 Å². The van der Waals surface area contributed by atoms with Crippen LogP contribution in [-0.2, 0) is 15.7 Å². The van der Waals surface area contributed by atoms with E-state index in [0.717, 1.165) is 4.90 Å². The normalized spacial score (nSPS) is 17.7. The van der Waals surface area contributed by atoms with Crippen LogP contribution in [0.2, 0.25) is 0 Å². The van der Waals surface area contributed by atoms with Gasteiger partial charge in [-0.05, 0) is 12.1 Å². The summed E-state index contributed by atoms with van der Waals surface area (Å²) >= 11 is 0. The monoisotopic (exact) mass is 384 g/mol. The lowest BCUT2D eigenvalue weighted by molar-refractivity contribution is -0.143. The van der Waals surface area contributed by atoms with Gasteiger partial charge in [-0.25, -0.2) is 4.68 Å². The topological polar surface area (TPSA) is 97.5 Å². The zero-order chi connectivity index (χ0) is 19.6. The van der Waals surface area contributed by atoms with Gasteiger partial charge < -0.3 is 14.7 Å². The van der Waals surface area contributed by atoms with Gasteiger partial charge in [0.25, 0.3) is 5.91 Å². The third kappa shape index (κ3) is 4.08. The number of alkyl halides is 3. The van der Waals surface area contributed by atoms with Gasteiger partial charge in [-0.3, -0.25) is 9.59 Å². The number of hydrogen-bond donors (Lipinski definition) is 1. The van der Waals surface area contributed by atoms with Crippen LogP contribution >= 0.6 is 0 Å². The molecular weight excluding hydrogens is 369 g/mol. The van der Waals surface area contributed by atoms with Crippen molar-refractivity contribution < 1.29 is 32.6 Å². The molecule has 8 nitrogen and oxygen atoms in total. The summed E-state index contributed by atoms with van der Waals surface area (Å²) in [5.74, 6) is -2.09. The first-order valence-electron chi connectivity index (χ1n) is 7.98. The molecule has 1 N–H and O–H groups in total. The number of halogens is 3. The summed E-state index contributed by atoms with van der Waals surface area (Å²) in [6.07, 6.45) is -6.01. The van der Waals surface area contributed by atoms with Crippen LogP contribution in [0.5, 0.6) is 0 Å². The van der Waals surface area contributed by atoms with E-state index in [1.54, 1.807) is 6.07 Å². The molecule has 0 spiro atoms. The minimum atomic E-state index is -4.86. The highest BCUT2D eigenvalue weighted by Crippen LogP contribution is 2.33. The number of nitrogens with zero attached hydrogens (tertiary/aromatic N) is 4. The summed E-state index contributed by atoms with van der Waals surface area (Å²) in [6, 6.07) is 7.54. The van der Waals surface area contributed by atoms with E-state index in [9.17, 15) is 22.8 Å². The number of aliphatic carboxylic acids is 1. The average Bonchev–Trinajstić information content (AvgIpc) is 3.07. The largest absolute Gasteiger partial charge is 0.481 e. The maximum atomic E-state index is 13.6. The first-order valence-corrected chi connectivity index (χ1v) is 7.98. The number of rotatable bonds is 4. The SMILES string of the molecule is O=C(O)CC1CN(C(=O)c2nnn(-c3ccccc3)c2C(F)(F)F)CCO1. The van der Waals surface area contributed by atoms with E-state index in [2.05, 4.69) is 10.3 Å². The zero-order valence-corrected chi connectivity index (χ0v) is 13.9. The summed E-state index contributed by atoms with van der Waals surface area (Å²) < 4.78 is 46.7. The second-order valence-electron chi connectivity index (χ2n) is 5.87. The Balaban J connectivity index is 1.93. The van der Waals surface area contributed by atoms with Crippen LogP contribution in [0.3, 0.4) is 0 Å². The quantitative estimate of drug-likeness (QED) is 0.860. The number of hydrogen-bond acceptors (Lipinski definition) is 5. The number of aromatic nitrogens is 3. The first kappa shape index (κ1) is 18.8. The van der Waals surface area contributed by atoms with Crippen molar-refractivity contribution in [1.29, 1.82) is 0 Å². The molecule has 1 aliphatic rings. The van der Waals surface area contributed by atoms with Crippen molar-refractivity contribution >= 4 is 11.9 Å². The summed E-state index contributed by atoms with van der Waals surface area (Å²) in [4.78, 5) is 24.6. The van der Waals surface area contributed by atoms with E-state index in [0.29, 0.717) is 4.68 Å². The number of morpholine rings is 1. The van der Waals surface area contributed by atoms with Crippen molar-refractivity contribution in [3.8, 4) is 5.69 Å². The summed E-state index contributed by atoms with van der Waals surface area (Å²) in [7, 11) is 0. The highest BCUT2D eigenvalue weighted by molar-refractivity contribution is 5.93. The van der Waals surface area contributed by atoms with Gasteiger partial charge >= 0.3 is 12.1 Å². The van der Waals surface area contributed by atoms with E-state index < -0.39 is 35.5 Å². The molecule has 1 fully saturated rings. The Hall–Kier alpha value is -2.95. The Kier molecular flexibility index (Phi) is 5.13. The molecule has 0 saturated carbocycles. The van der Waals surface area contributed by atoms with Crippen LogP contribution in [0.4, 0.5) is 13.2 Å². The van der Waals surface area contributed by atoms with Crippen LogP contribution in [0, 0.1) is 0 Å². The molecule has 2 heterocycles. The van der Waals surface area contributed by atoms with E-state index >= 15 is 0 Å². The number of carbonyl (C=O) groups excluding carboxylic acids is 1. The molecule has 1 saturated heterocycles. The van der Waals surface area contributed by atoms with Crippen molar-refractivity contribution in [2.24, 2.45) is 0 Å². The fourth-order valence-electron chi connectivity index (χ4n) is 2.80. The molecule has 1 aromatic heterocycles. The Labute approximate surface area is 151 Å². The van der Waals surface area contributed by atoms with Crippen LogP contribution in [0.1, 0.15) is 22.6 Å². The van der Waals surface area contributed by atoms with Crippen LogP contribution in [-0.4, -0.2) is 62.7 Å². The molecule has 1 atom stereocenters. The highest BCUT2D eigenvalue weighted by Gasteiger charge is 2.43. The van der Waals surface area contributed by atoms with Crippen molar-refractivity contribution in [3.63, 3.8) is 0 Å². The number of benzene rings is 1. The molecule has 0 aliphatic carbocycles. The highest BCUT2D eigenvalue weighted by atomic mass is 19.4. The van der Waals surface area contributed by atoms with Crippen LogP contribution in [0.15, 0.2) is 30.3 Å². The molecular formula is C16H15F3N4O4. The van der Waals surface area contributed by atoms with Crippen LogP contribution < -0.4 is 0 Å². The zero-order valence-electron chi connectivity index (χ0n) is 13.9. The molecule has 3 rings (SSSR count). The molecule has 27 heavy (non-hydrogen) atoms. The molecule has 1 amide bonds. The average molecular weight is 384 g/mol. The second-order valence-corrected chi connectivity index (χ2v) is 5.87. The second kappa shape index (κ2) is 7.35. The molecule has 0 radical (unpaired) electrons. The standard InChI is InChI=1S/C16H15F3N4O4/c17-16(18,19)14-13(20-21-23(14)10-4-2-1-3-5-10)15(26)22-6-7-27-11(9-22)8-12(24)25/h1-5,11H,6-9H2,(H,24,25). The Morgan fingerprint density at radius 2 is 1.96 bits per heavy atom. The summed E-state index contributed by atoms with van der Waals surface area (Å²) in [5.41, 5.74) is -2.00. The van der Waals surface area contributed by atoms with Crippen molar-refractivity contribution in [2.45, 2.75) is 18.7 Å². The lowest BCUT2D eigenvalue weighted by atomic mass is 10.2. The lowest BCUT2D eigenvalue weighted by Gasteiger charge is -2.32. The minimum absolute atomic E-state index is 0.0257. The van der Waals surface area contributed by atoms with Crippen molar-refractivity contribution in [1.82, 2.24) is 19.9 Å². The fraction of sp³-hybridized carbons (Fsp3) is 0.375. The summed E-state index contributed by atoms with van der Waals surface area (Å²) in [6.45, 7) is -0.0804. The van der Waals surface area contributed by atoms with Crippen molar-refractivity contribution in [3.05, 3.63) is 41.7 Å².